The van der Waals surface area contributed by atoms with Crippen LogP contribution in [0, 0.1) is 0 Å². The van der Waals surface area contributed by atoms with Gasteiger partial charge in [-0.15, -0.1) is 0 Å². The zero-order valence-electron chi connectivity index (χ0n) is 9.86. The monoisotopic (exact) mass is 269 g/mol. The first-order valence-electron chi connectivity index (χ1n) is 4.97. The van der Waals surface area contributed by atoms with Crippen molar-refractivity contribution in [2.75, 3.05) is 14.2 Å². The van der Waals surface area contributed by atoms with E-state index in [0.29, 0.717) is 16.3 Å². The van der Waals surface area contributed by atoms with Gasteiger partial charge in [0.05, 0.1) is 18.3 Å². The molecular weight excluding hydrogens is 258 g/mol. The van der Waals surface area contributed by atoms with Crippen molar-refractivity contribution in [2.24, 2.45) is 5.10 Å². The maximum Gasteiger partial charge on any atom is 0.329 e. The number of rotatable bonds is 3. The van der Waals surface area contributed by atoms with Gasteiger partial charge in [0.25, 0.3) is 0 Å². The van der Waals surface area contributed by atoms with E-state index in [1.54, 1.807) is 18.2 Å². The number of likely N-dealkylation sites (N-methyl/N-ethyl adjacent to an activating group) is 1. The fourth-order valence-corrected chi connectivity index (χ4v) is 1.36. The van der Waals surface area contributed by atoms with Crippen molar-refractivity contribution in [3.63, 3.8) is 0 Å². The second-order valence-electron chi connectivity index (χ2n) is 3.17. The summed E-state index contributed by atoms with van der Waals surface area (Å²) in [5.74, 6) is -1.06. The van der Waals surface area contributed by atoms with E-state index in [0.717, 1.165) is 0 Å². The highest BCUT2D eigenvalue weighted by molar-refractivity contribution is 6.35. The van der Waals surface area contributed by atoms with Crippen molar-refractivity contribution in [3.05, 3.63) is 28.8 Å². The second kappa shape index (κ2) is 6.61. The highest BCUT2D eigenvalue weighted by Crippen LogP contribution is 2.24. The molecule has 1 aromatic rings. The first-order chi connectivity index (χ1) is 8.58. The first kappa shape index (κ1) is 14.0. The van der Waals surface area contributed by atoms with Crippen LogP contribution in [0.25, 0.3) is 0 Å². The zero-order chi connectivity index (χ0) is 13.5. The topological polar surface area (TPSA) is 79.8 Å². The van der Waals surface area contributed by atoms with E-state index >= 15 is 0 Å². The van der Waals surface area contributed by atoms with Crippen LogP contribution in [0.2, 0.25) is 5.02 Å². The average Bonchev–Trinajstić information content (AvgIpc) is 2.37. The van der Waals surface area contributed by atoms with Crippen LogP contribution in [-0.2, 0) is 9.59 Å². The van der Waals surface area contributed by atoms with E-state index in [4.69, 9.17) is 16.3 Å². The largest absolute Gasteiger partial charge is 0.495 e. The third-order valence-electron chi connectivity index (χ3n) is 1.99. The lowest BCUT2D eigenvalue weighted by Crippen LogP contribution is -2.35. The highest BCUT2D eigenvalue weighted by atomic mass is 35.5. The molecule has 0 spiro atoms. The molecule has 0 radical (unpaired) electrons. The van der Waals surface area contributed by atoms with Crippen LogP contribution in [-0.4, -0.2) is 32.2 Å². The fraction of sp³-hybridized carbons (Fsp3) is 0.182. The third-order valence-corrected chi connectivity index (χ3v) is 2.28. The minimum absolute atomic E-state index is 0.430. The fourth-order valence-electron chi connectivity index (χ4n) is 1.09. The number of benzene rings is 1. The Balaban J connectivity index is 2.65. The van der Waals surface area contributed by atoms with Crippen LogP contribution < -0.4 is 15.5 Å². The molecule has 0 aliphatic rings. The molecule has 0 bridgehead atoms. The normalized spacial score (nSPS) is 10.2. The SMILES string of the molecule is CNC(=O)C(=O)N/N=C\c1ccc(OC)c(Cl)c1. The van der Waals surface area contributed by atoms with E-state index < -0.39 is 11.8 Å². The number of carbonyl (C=O) groups is 2. The number of nitrogens with zero attached hydrogens (tertiary/aromatic N) is 1. The summed E-state index contributed by atoms with van der Waals surface area (Å²) in [6.07, 6.45) is 1.37. The molecule has 0 saturated heterocycles. The van der Waals surface area contributed by atoms with Crippen molar-refractivity contribution in [3.8, 4) is 5.75 Å². The van der Waals surface area contributed by atoms with Gasteiger partial charge in [-0.1, -0.05) is 11.6 Å². The van der Waals surface area contributed by atoms with Gasteiger partial charge in [0.1, 0.15) is 5.75 Å². The van der Waals surface area contributed by atoms with Gasteiger partial charge < -0.3 is 10.1 Å². The van der Waals surface area contributed by atoms with Crippen molar-refractivity contribution in [1.82, 2.24) is 10.7 Å². The number of hydrogen-bond acceptors (Lipinski definition) is 4. The summed E-state index contributed by atoms with van der Waals surface area (Å²) in [5.41, 5.74) is 2.74. The summed E-state index contributed by atoms with van der Waals surface area (Å²) in [7, 11) is 2.87. The Morgan fingerprint density at radius 2 is 2.11 bits per heavy atom. The Morgan fingerprint density at radius 1 is 1.39 bits per heavy atom. The predicted octanol–water partition coefficient (Wildman–Crippen LogP) is 0.545. The average molecular weight is 270 g/mol. The van der Waals surface area contributed by atoms with Crippen molar-refractivity contribution in [2.45, 2.75) is 0 Å². The summed E-state index contributed by atoms with van der Waals surface area (Å²) >= 11 is 5.91. The van der Waals surface area contributed by atoms with Crippen LogP contribution in [0.15, 0.2) is 23.3 Å². The molecule has 0 aromatic heterocycles. The van der Waals surface area contributed by atoms with E-state index in [1.165, 1.54) is 20.4 Å². The minimum atomic E-state index is -0.839. The maximum absolute atomic E-state index is 11.0. The second-order valence-corrected chi connectivity index (χ2v) is 3.58. The lowest BCUT2D eigenvalue weighted by molar-refractivity contribution is -0.138. The quantitative estimate of drug-likeness (QED) is 0.478. The van der Waals surface area contributed by atoms with E-state index in [1.807, 2.05) is 0 Å². The molecule has 1 rings (SSSR count). The van der Waals surface area contributed by atoms with Crippen LogP contribution in [0.3, 0.4) is 0 Å². The molecule has 0 aliphatic heterocycles. The van der Waals surface area contributed by atoms with E-state index in [-0.39, 0.29) is 0 Å². The van der Waals surface area contributed by atoms with Crippen LogP contribution in [0.1, 0.15) is 5.56 Å². The number of halogens is 1. The van der Waals surface area contributed by atoms with Gasteiger partial charge in [-0.2, -0.15) is 5.10 Å². The molecule has 0 unspecified atom stereocenters. The Kier molecular flexibility index (Phi) is 5.13. The highest BCUT2D eigenvalue weighted by Gasteiger charge is 2.08. The predicted molar refractivity (Wildman–Crippen MR) is 67.8 cm³/mol. The number of ether oxygens (including phenoxy) is 1. The molecule has 2 N–H and O–H groups in total. The van der Waals surface area contributed by atoms with Crippen LogP contribution in [0.5, 0.6) is 5.75 Å². The maximum atomic E-state index is 11.0. The third kappa shape index (κ3) is 3.74. The lowest BCUT2D eigenvalue weighted by Gasteiger charge is -2.02. The molecule has 1 aromatic carbocycles. The Morgan fingerprint density at radius 3 is 2.67 bits per heavy atom. The smallest absolute Gasteiger partial charge is 0.329 e. The molecule has 6 nitrogen and oxygen atoms in total. The summed E-state index contributed by atoms with van der Waals surface area (Å²) in [4.78, 5) is 21.9. The first-order valence-corrected chi connectivity index (χ1v) is 5.35. The number of hydrazone groups is 1. The summed E-state index contributed by atoms with van der Waals surface area (Å²) in [5, 5.41) is 6.23. The van der Waals surface area contributed by atoms with Crippen molar-refractivity contribution >= 4 is 29.6 Å². The molecule has 0 heterocycles. The molecule has 2 amide bonds. The van der Waals surface area contributed by atoms with Gasteiger partial charge in [0, 0.05) is 7.05 Å². The minimum Gasteiger partial charge on any atom is -0.495 e. The van der Waals surface area contributed by atoms with Gasteiger partial charge in [0.2, 0.25) is 0 Å². The van der Waals surface area contributed by atoms with Crippen molar-refractivity contribution < 1.29 is 14.3 Å². The number of nitrogens with one attached hydrogen (secondary N) is 2. The van der Waals surface area contributed by atoms with Gasteiger partial charge in [-0.25, -0.2) is 5.43 Å². The van der Waals surface area contributed by atoms with Gasteiger partial charge >= 0.3 is 11.8 Å². The van der Waals surface area contributed by atoms with Gasteiger partial charge in [-0.05, 0) is 23.8 Å². The Labute approximate surface area is 109 Å². The summed E-state index contributed by atoms with van der Waals surface area (Å²) < 4.78 is 4.99. The molecule has 0 saturated carbocycles. The number of carbonyl (C=O) groups excluding carboxylic acids is 2. The molecule has 18 heavy (non-hydrogen) atoms. The molecule has 96 valence electrons. The van der Waals surface area contributed by atoms with Crippen molar-refractivity contribution in [1.29, 1.82) is 0 Å². The standard InChI is InChI=1S/C11H12ClN3O3/c1-13-10(16)11(17)15-14-6-7-3-4-9(18-2)8(12)5-7/h3-6H,1-2H3,(H,13,16)(H,15,17)/b14-6-. The molecular formula is C11H12ClN3O3. The number of hydrogen-bond donors (Lipinski definition) is 2. The van der Waals surface area contributed by atoms with E-state index in [9.17, 15) is 9.59 Å². The number of amides is 2. The zero-order valence-corrected chi connectivity index (χ0v) is 10.6. The van der Waals surface area contributed by atoms with Crippen LogP contribution >= 0.6 is 11.6 Å². The Hall–Kier alpha value is -2.08. The van der Waals surface area contributed by atoms with E-state index in [2.05, 4.69) is 15.8 Å². The molecule has 0 fully saturated rings. The Bertz CT molecular complexity index is 488. The lowest BCUT2D eigenvalue weighted by atomic mass is 10.2. The summed E-state index contributed by atoms with van der Waals surface area (Å²) in [6, 6.07) is 5.00. The molecule has 7 heteroatoms. The van der Waals surface area contributed by atoms with Gasteiger partial charge in [-0.3, -0.25) is 9.59 Å². The number of methoxy groups -OCH3 is 1. The molecule has 0 aliphatic carbocycles. The van der Waals surface area contributed by atoms with Gasteiger partial charge in [0.15, 0.2) is 0 Å². The molecule has 0 atom stereocenters. The summed E-state index contributed by atoms with van der Waals surface area (Å²) in [6.45, 7) is 0. The van der Waals surface area contributed by atoms with Crippen LogP contribution in [0.4, 0.5) is 0 Å².